The van der Waals surface area contributed by atoms with Crippen LogP contribution in [0.25, 0.3) is 0 Å². The topological polar surface area (TPSA) is 80.7 Å². The molecule has 0 amide bonds. The molecule has 0 fully saturated rings. The molecule has 0 rings (SSSR count). The van der Waals surface area contributed by atoms with Gasteiger partial charge in [-0.15, -0.1) is 0 Å². The molecular weight excluding hydrogens is 304 g/mol. The van der Waals surface area contributed by atoms with Crippen molar-refractivity contribution >= 4 is 16.1 Å². The molecular formula is C16H32O5S. The van der Waals surface area contributed by atoms with Crippen LogP contribution < -0.4 is 0 Å². The minimum absolute atomic E-state index is 0.270. The highest BCUT2D eigenvalue weighted by Gasteiger charge is 2.07. The van der Waals surface area contributed by atoms with Gasteiger partial charge in [0.2, 0.25) is 0 Å². The van der Waals surface area contributed by atoms with Crippen molar-refractivity contribution in [1.82, 2.24) is 0 Å². The second-order valence-corrected chi connectivity index (χ2v) is 7.84. The summed E-state index contributed by atoms with van der Waals surface area (Å²) in [6, 6.07) is 0. The lowest BCUT2D eigenvalue weighted by molar-refractivity contribution is -0.143. The SMILES string of the molecule is CC(C)CCCCCCCCCCC(=O)OCCS(=O)(=O)O. The van der Waals surface area contributed by atoms with E-state index in [-0.39, 0.29) is 6.61 Å². The molecule has 0 bridgehead atoms. The van der Waals surface area contributed by atoms with Gasteiger partial charge in [-0.3, -0.25) is 9.35 Å². The minimum Gasteiger partial charge on any atom is -0.464 e. The lowest BCUT2D eigenvalue weighted by Gasteiger charge is -2.05. The zero-order valence-electron chi connectivity index (χ0n) is 14.1. The maximum absolute atomic E-state index is 11.3. The Morgan fingerprint density at radius 3 is 1.95 bits per heavy atom. The second-order valence-electron chi connectivity index (χ2n) is 6.27. The first kappa shape index (κ1) is 21.4. The Morgan fingerprint density at radius 2 is 1.45 bits per heavy atom. The normalized spacial score (nSPS) is 11.8. The molecule has 22 heavy (non-hydrogen) atoms. The van der Waals surface area contributed by atoms with E-state index in [1.165, 1.54) is 38.5 Å². The van der Waals surface area contributed by atoms with E-state index >= 15 is 0 Å². The van der Waals surface area contributed by atoms with Crippen LogP contribution in [0, 0.1) is 5.92 Å². The fraction of sp³-hybridized carbons (Fsp3) is 0.938. The predicted molar refractivity (Wildman–Crippen MR) is 88.4 cm³/mol. The summed E-state index contributed by atoms with van der Waals surface area (Å²) in [5.41, 5.74) is 0. The Kier molecular flexibility index (Phi) is 12.5. The van der Waals surface area contributed by atoms with Crippen LogP contribution in [0.1, 0.15) is 78.1 Å². The predicted octanol–water partition coefficient (Wildman–Crippen LogP) is 3.97. The number of rotatable bonds is 14. The van der Waals surface area contributed by atoms with Gasteiger partial charge in [-0.05, 0) is 12.3 Å². The average Bonchev–Trinajstić information content (AvgIpc) is 2.39. The lowest BCUT2D eigenvalue weighted by atomic mass is 10.0. The summed E-state index contributed by atoms with van der Waals surface area (Å²) in [6.07, 6.45) is 11.0. The molecule has 0 aliphatic carbocycles. The van der Waals surface area contributed by atoms with Gasteiger partial charge in [0.05, 0.1) is 0 Å². The first-order valence-corrected chi connectivity index (χ1v) is 10.0. The highest BCUT2D eigenvalue weighted by Crippen LogP contribution is 2.13. The molecule has 0 atom stereocenters. The maximum atomic E-state index is 11.3. The number of carbonyl (C=O) groups is 1. The molecule has 0 aliphatic heterocycles. The second kappa shape index (κ2) is 12.9. The number of esters is 1. The van der Waals surface area contributed by atoms with E-state index in [9.17, 15) is 13.2 Å². The molecule has 1 N–H and O–H groups in total. The van der Waals surface area contributed by atoms with Gasteiger partial charge in [-0.1, -0.05) is 65.2 Å². The van der Waals surface area contributed by atoms with Crippen LogP contribution in [0.2, 0.25) is 0 Å². The Morgan fingerprint density at radius 1 is 0.955 bits per heavy atom. The van der Waals surface area contributed by atoms with Crippen molar-refractivity contribution in [1.29, 1.82) is 0 Å². The van der Waals surface area contributed by atoms with Crippen molar-refractivity contribution in [3.05, 3.63) is 0 Å². The quantitative estimate of drug-likeness (QED) is 0.295. The third-order valence-electron chi connectivity index (χ3n) is 3.52. The smallest absolute Gasteiger partial charge is 0.305 e. The van der Waals surface area contributed by atoms with Gasteiger partial charge in [0.25, 0.3) is 10.1 Å². The Bertz CT molecular complexity index is 376. The van der Waals surface area contributed by atoms with E-state index in [1.54, 1.807) is 0 Å². The molecule has 0 aromatic rings. The maximum Gasteiger partial charge on any atom is 0.305 e. The van der Waals surface area contributed by atoms with E-state index < -0.39 is 21.8 Å². The third-order valence-corrected chi connectivity index (χ3v) is 4.20. The number of ether oxygens (including phenoxy) is 1. The van der Waals surface area contributed by atoms with Gasteiger partial charge in [0.1, 0.15) is 12.4 Å². The minimum atomic E-state index is -4.04. The summed E-state index contributed by atoms with van der Waals surface area (Å²) >= 11 is 0. The molecule has 132 valence electrons. The van der Waals surface area contributed by atoms with E-state index in [1.807, 2.05) is 0 Å². The summed E-state index contributed by atoms with van der Waals surface area (Å²) in [7, 11) is -4.04. The molecule has 0 saturated carbocycles. The largest absolute Gasteiger partial charge is 0.464 e. The highest BCUT2D eigenvalue weighted by molar-refractivity contribution is 7.85. The number of hydrogen-bond donors (Lipinski definition) is 1. The number of unbranched alkanes of at least 4 members (excludes halogenated alkanes) is 7. The van der Waals surface area contributed by atoms with Gasteiger partial charge >= 0.3 is 5.97 Å². The lowest BCUT2D eigenvalue weighted by Crippen LogP contribution is -2.14. The number of carbonyl (C=O) groups excluding carboxylic acids is 1. The highest BCUT2D eigenvalue weighted by atomic mass is 32.2. The van der Waals surface area contributed by atoms with Crippen LogP contribution >= 0.6 is 0 Å². The van der Waals surface area contributed by atoms with Gasteiger partial charge in [-0.2, -0.15) is 8.42 Å². The summed E-state index contributed by atoms with van der Waals surface area (Å²) in [5, 5.41) is 0. The van der Waals surface area contributed by atoms with E-state index in [0.29, 0.717) is 6.42 Å². The van der Waals surface area contributed by atoms with Crippen LogP contribution in [0.15, 0.2) is 0 Å². The van der Waals surface area contributed by atoms with Crippen LogP contribution in [0.3, 0.4) is 0 Å². The molecule has 0 saturated heterocycles. The standard InChI is InChI=1S/C16H32O5S/c1-15(2)11-9-7-5-3-4-6-8-10-12-16(17)21-13-14-22(18,19)20/h15H,3-14H2,1-2H3,(H,18,19,20). The van der Waals surface area contributed by atoms with Gasteiger partial charge < -0.3 is 4.74 Å². The van der Waals surface area contributed by atoms with Crippen LogP contribution in [0.5, 0.6) is 0 Å². The summed E-state index contributed by atoms with van der Waals surface area (Å²) in [6.45, 7) is 4.25. The molecule has 0 heterocycles. The van der Waals surface area contributed by atoms with Crippen LogP contribution in [0.4, 0.5) is 0 Å². The van der Waals surface area contributed by atoms with Crippen molar-refractivity contribution in [3.63, 3.8) is 0 Å². The van der Waals surface area contributed by atoms with Crippen molar-refractivity contribution < 1.29 is 22.5 Å². The Hall–Kier alpha value is -0.620. The Labute approximate surface area is 135 Å². The summed E-state index contributed by atoms with van der Waals surface area (Å²) in [5.74, 6) is -0.121. The van der Waals surface area contributed by atoms with Crippen molar-refractivity contribution in [2.45, 2.75) is 78.1 Å². The molecule has 0 aromatic carbocycles. The Balaban J connectivity index is 3.27. The third kappa shape index (κ3) is 17.4. The molecule has 5 nitrogen and oxygen atoms in total. The summed E-state index contributed by atoms with van der Waals surface area (Å²) < 4.78 is 34.1. The molecule has 0 unspecified atom stereocenters. The van der Waals surface area contributed by atoms with Crippen molar-refractivity contribution in [3.8, 4) is 0 Å². The fourth-order valence-corrected chi connectivity index (χ4v) is 2.51. The molecule has 0 aliphatic rings. The first-order valence-electron chi connectivity index (χ1n) is 8.42. The zero-order chi connectivity index (χ0) is 16.8. The van der Waals surface area contributed by atoms with Gasteiger partial charge in [0, 0.05) is 6.42 Å². The van der Waals surface area contributed by atoms with E-state index in [0.717, 1.165) is 25.2 Å². The van der Waals surface area contributed by atoms with Crippen LogP contribution in [-0.2, 0) is 19.6 Å². The van der Waals surface area contributed by atoms with Crippen molar-refractivity contribution in [2.24, 2.45) is 5.92 Å². The molecule has 6 heteroatoms. The van der Waals surface area contributed by atoms with Gasteiger partial charge in [0.15, 0.2) is 0 Å². The van der Waals surface area contributed by atoms with Gasteiger partial charge in [-0.25, -0.2) is 0 Å². The molecule has 0 spiro atoms. The monoisotopic (exact) mass is 336 g/mol. The average molecular weight is 336 g/mol. The zero-order valence-corrected chi connectivity index (χ0v) is 14.9. The molecule has 0 aromatic heterocycles. The van der Waals surface area contributed by atoms with E-state index in [2.05, 4.69) is 13.8 Å². The first-order chi connectivity index (χ1) is 10.3. The number of hydrogen-bond acceptors (Lipinski definition) is 4. The van der Waals surface area contributed by atoms with E-state index in [4.69, 9.17) is 9.29 Å². The summed E-state index contributed by atoms with van der Waals surface area (Å²) in [4.78, 5) is 11.3. The van der Waals surface area contributed by atoms with Crippen LogP contribution in [-0.4, -0.2) is 31.3 Å². The molecule has 0 radical (unpaired) electrons. The fourth-order valence-electron chi connectivity index (χ4n) is 2.22. The van der Waals surface area contributed by atoms with Crippen molar-refractivity contribution in [2.75, 3.05) is 12.4 Å².